The van der Waals surface area contributed by atoms with Gasteiger partial charge in [-0.3, -0.25) is 0 Å². The van der Waals surface area contributed by atoms with Gasteiger partial charge in [0.2, 0.25) is 10.0 Å². The van der Waals surface area contributed by atoms with Gasteiger partial charge in [0.15, 0.2) is 0 Å². The van der Waals surface area contributed by atoms with Gasteiger partial charge >= 0.3 is 0 Å². The highest BCUT2D eigenvalue weighted by atomic mass is 32.2. The Morgan fingerprint density at radius 1 is 1.14 bits per heavy atom. The summed E-state index contributed by atoms with van der Waals surface area (Å²) in [7, 11) is -1.80. The van der Waals surface area contributed by atoms with Crippen LogP contribution in [0.5, 0.6) is 0 Å². The average molecular weight is 406 g/mol. The molecule has 0 N–H and O–H groups in total. The second-order valence-corrected chi connectivity index (χ2v) is 8.80. The minimum Gasteiger partial charge on any atom is -0.382 e. The Balaban J connectivity index is 1.68. The van der Waals surface area contributed by atoms with Crippen molar-refractivity contribution in [2.45, 2.75) is 37.2 Å². The Morgan fingerprint density at radius 3 is 2.54 bits per heavy atom. The Kier molecular flexibility index (Phi) is 7.12. The van der Waals surface area contributed by atoms with E-state index in [1.165, 1.54) is 0 Å². The fraction of sp³-hybridized carbons (Fsp3) is 0.500. The maximum absolute atomic E-state index is 12.8. The van der Waals surface area contributed by atoms with E-state index in [0.29, 0.717) is 37.8 Å². The average Bonchev–Trinajstić information content (AvgIpc) is 2.73. The van der Waals surface area contributed by atoms with Gasteiger partial charge in [0.05, 0.1) is 30.4 Å². The molecule has 152 valence electrons. The van der Waals surface area contributed by atoms with Crippen LogP contribution in [0.15, 0.2) is 41.4 Å². The van der Waals surface area contributed by atoms with Crippen molar-refractivity contribution in [3.05, 3.63) is 53.6 Å². The molecular formula is C20H27N3O4S. The van der Waals surface area contributed by atoms with Crippen LogP contribution in [-0.4, -0.2) is 56.1 Å². The topological polar surface area (TPSA) is 81.6 Å². The summed E-state index contributed by atoms with van der Waals surface area (Å²) in [5, 5.41) is 0. The monoisotopic (exact) mass is 405 g/mol. The van der Waals surface area contributed by atoms with E-state index >= 15 is 0 Å². The molecule has 1 fully saturated rings. The summed E-state index contributed by atoms with van der Waals surface area (Å²) in [6.45, 7) is 4.31. The van der Waals surface area contributed by atoms with Gasteiger partial charge in [0.25, 0.3) is 0 Å². The Bertz CT molecular complexity index is 866. The predicted octanol–water partition coefficient (Wildman–Crippen LogP) is 2.52. The molecule has 0 atom stereocenters. The summed E-state index contributed by atoms with van der Waals surface area (Å²) in [6.07, 6.45) is 3.28. The van der Waals surface area contributed by atoms with E-state index < -0.39 is 10.0 Å². The highest BCUT2D eigenvalue weighted by molar-refractivity contribution is 7.89. The van der Waals surface area contributed by atoms with Crippen molar-refractivity contribution < 1.29 is 17.9 Å². The van der Waals surface area contributed by atoms with Crippen LogP contribution in [0.4, 0.5) is 0 Å². The largest absolute Gasteiger partial charge is 0.382 e. The molecular weight excluding hydrogens is 378 g/mol. The number of hydrogen-bond acceptors (Lipinski definition) is 6. The van der Waals surface area contributed by atoms with Gasteiger partial charge in [0, 0.05) is 37.9 Å². The van der Waals surface area contributed by atoms with Crippen molar-refractivity contribution in [2.75, 3.05) is 33.4 Å². The van der Waals surface area contributed by atoms with Crippen LogP contribution in [0.1, 0.15) is 35.8 Å². The number of aryl methyl sites for hydroxylation is 1. The molecule has 0 aliphatic carbocycles. The molecule has 2 aromatic rings. The van der Waals surface area contributed by atoms with E-state index in [4.69, 9.17) is 9.47 Å². The molecule has 0 bridgehead atoms. The number of benzene rings is 1. The molecule has 0 unspecified atom stereocenters. The third-order valence-corrected chi connectivity index (χ3v) is 6.84. The lowest BCUT2D eigenvalue weighted by molar-refractivity contribution is 0.0608. The first-order valence-corrected chi connectivity index (χ1v) is 10.9. The van der Waals surface area contributed by atoms with Gasteiger partial charge < -0.3 is 9.47 Å². The molecule has 0 radical (unpaired) electrons. The number of piperidine rings is 1. The summed E-state index contributed by atoms with van der Waals surface area (Å²) in [5.74, 6) is 0.917. The molecule has 0 spiro atoms. The van der Waals surface area contributed by atoms with E-state index in [2.05, 4.69) is 9.97 Å². The summed E-state index contributed by atoms with van der Waals surface area (Å²) in [5.41, 5.74) is 1.94. The number of rotatable bonds is 8. The van der Waals surface area contributed by atoms with Gasteiger partial charge in [-0.2, -0.15) is 4.31 Å². The van der Waals surface area contributed by atoms with Gasteiger partial charge in [-0.15, -0.1) is 0 Å². The normalized spacial score (nSPS) is 16.4. The van der Waals surface area contributed by atoms with Crippen molar-refractivity contribution in [2.24, 2.45) is 0 Å². The van der Waals surface area contributed by atoms with Crippen molar-refractivity contribution in [1.29, 1.82) is 0 Å². The standard InChI is InChI=1S/C20H27N3O4S/c1-16-21-14-18(15-27-13-12-26-2)20(22-16)17-8-10-23(11-9-17)28(24,25)19-6-4-3-5-7-19/h3-7,14,17H,8-13,15H2,1-2H3. The minimum absolute atomic E-state index is 0.199. The van der Waals surface area contributed by atoms with Crippen molar-refractivity contribution in [3.8, 4) is 0 Å². The number of methoxy groups -OCH3 is 1. The zero-order valence-electron chi connectivity index (χ0n) is 16.4. The highest BCUT2D eigenvalue weighted by Gasteiger charge is 2.31. The molecule has 7 nitrogen and oxygen atoms in total. The first-order valence-electron chi connectivity index (χ1n) is 9.46. The summed E-state index contributed by atoms with van der Waals surface area (Å²) in [6, 6.07) is 8.60. The Hall–Kier alpha value is -1.87. The van der Waals surface area contributed by atoms with Crippen LogP contribution in [0, 0.1) is 6.92 Å². The molecule has 2 heterocycles. The summed E-state index contributed by atoms with van der Waals surface area (Å²) < 4.78 is 37.9. The highest BCUT2D eigenvalue weighted by Crippen LogP contribution is 2.31. The van der Waals surface area contributed by atoms with E-state index in [-0.39, 0.29) is 5.92 Å². The lowest BCUT2D eigenvalue weighted by atomic mass is 9.92. The molecule has 1 aromatic carbocycles. The van der Waals surface area contributed by atoms with Crippen molar-refractivity contribution >= 4 is 10.0 Å². The predicted molar refractivity (Wildman–Crippen MR) is 105 cm³/mol. The van der Waals surface area contributed by atoms with E-state index in [1.54, 1.807) is 35.7 Å². The zero-order valence-corrected chi connectivity index (χ0v) is 17.2. The number of aromatic nitrogens is 2. The fourth-order valence-corrected chi connectivity index (χ4v) is 4.90. The summed E-state index contributed by atoms with van der Waals surface area (Å²) in [4.78, 5) is 9.30. The van der Waals surface area contributed by atoms with Crippen molar-refractivity contribution in [3.63, 3.8) is 0 Å². The first kappa shape index (κ1) is 20.9. The number of ether oxygens (including phenoxy) is 2. The van der Waals surface area contributed by atoms with Crippen LogP contribution >= 0.6 is 0 Å². The van der Waals surface area contributed by atoms with Gasteiger partial charge in [-0.1, -0.05) is 18.2 Å². The third-order valence-electron chi connectivity index (χ3n) is 4.93. The molecule has 0 saturated carbocycles. The van der Waals surface area contributed by atoms with Gasteiger partial charge in [0.1, 0.15) is 5.82 Å². The molecule has 3 rings (SSSR count). The maximum Gasteiger partial charge on any atom is 0.243 e. The molecule has 1 aliphatic rings. The lowest BCUT2D eigenvalue weighted by Gasteiger charge is -2.31. The molecule has 1 aromatic heterocycles. The van der Waals surface area contributed by atoms with E-state index in [0.717, 1.165) is 29.9 Å². The van der Waals surface area contributed by atoms with Gasteiger partial charge in [-0.25, -0.2) is 18.4 Å². The van der Waals surface area contributed by atoms with Crippen LogP contribution in [0.25, 0.3) is 0 Å². The number of hydrogen-bond donors (Lipinski definition) is 0. The van der Waals surface area contributed by atoms with Crippen LogP contribution in [0.3, 0.4) is 0 Å². The molecule has 0 amide bonds. The lowest BCUT2D eigenvalue weighted by Crippen LogP contribution is -2.38. The minimum atomic E-state index is -3.44. The third kappa shape index (κ3) is 4.94. The summed E-state index contributed by atoms with van der Waals surface area (Å²) >= 11 is 0. The zero-order chi connectivity index (χ0) is 20.0. The second kappa shape index (κ2) is 9.56. The molecule has 8 heteroatoms. The smallest absolute Gasteiger partial charge is 0.243 e. The van der Waals surface area contributed by atoms with E-state index in [1.807, 2.05) is 19.2 Å². The first-order chi connectivity index (χ1) is 13.5. The Labute approximate surface area is 166 Å². The second-order valence-electron chi connectivity index (χ2n) is 6.86. The molecule has 1 saturated heterocycles. The molecule has 28 heavy (non-hydrogen) atoms. The number of nitrogens with zero attached hydrogens (tertiary/aromatic N) is 3. The fourth-order valence-electron chi connectivity index (χ4n) is 3.41. The quantitative estimate of drug-likeness (QED) is 0.628. The van der Waals surface area contributed by atoms with Crippen LogP contribution in [-0.2, 0) is 26.1 Å². The van der Waals surface area contributed by atoms with Crippen LogP contribution < -0.4 is 0 Å². The van der Waals surface area contributed by atoms with E-state index in [9.17, 15) is 8.42 Å². The maximum atomic E-state index is 12.8. The van der Waals surface area contributed by atoms with Gasteiger partial charge in [-0.05, 0) is 31.9 Å². The number of sulfonamides is 1. The molecule has 1 aliphatic heterocycles. The Morgan fingerprint density at radius 2 is 1.86 bits per heavy atom. The SMILES string of the molecule is COCCOCc1cnc(C)nc1C1CCN(S(=O)(=O)c2ccccc2)CC1. The van der Waals surface area contributed by atoms with Crippen molar-refractivity contribution in [1.82, 2.24) is 14.3 Å². The van der Waals surface area contributed by atoms with Crippen LogP contribution in [0.2, 0.25) is 0 Å².